The highest BCUT2D eigenvalue weighted by Gasteiger charge is 2.16. The minimum Gasteiger partial charge on any atom is -0.481 e. The molecule has 3 aromatic rings. The highest BCUT2D eigenvalue weighted by Crippen LogP contribution is 2.24. The number of aromatic nitrogens is 4. The van der Waals surface area contributed by atoms with Gasteiger partial charge >= 0.3 is 6.01 Å². The summed E-state index contributed by atoms with van der Waals surface area (Å²) in [6.45, 7) is 2.53. The van der Waals surface area contributed by atoms with Crippen molar-refractivity contribution >= 4 is 17.6 Å². The molecule has 0 unspecified atom stereocenters. The Morgan fingerprint density at radius 3 is 2.92 bits per heavy atom. The summed E-state index contributed by atoms with van der Waals surface area (Å²) < 4.78 is 12.4. The summed E-state index contributed by atoms with van der Waals surface area (Å²) in [7, 11) is 3.48. The average molecular weight is 348 g/mol. The number of methoxy groups -OCH3 is 1. The second kappa shape index (κ2) is 6.92. The zero-order valence-electron chi connectivity index (χ0n) is 13.7. The summed E-state index contributed by atoms with van der Waals surface area (Å²) in [5.74, 6) is 1.20. The van der Waals surface area contributed by atoms with Gasteiger partial charge in [-0.1, -0.05) is 35.8 Å². The summed E-state index contributed by atoms with van der Waals surface area (Å²) in [5, 5.41) is 12.2. The van der Waals surface area contributed by atoms with Crippen molar-refractivity contribution in [2.24, 2.45) is 7.05 Å². The number of halogens is 1. The molecule has 3 rings (SSSR count). The third kappa shape index (κ3) is 3.21. The van der Waals surface area contributed by atoms with Gasteiger partial charge in [-0.15, -0.1) is 0 Å². The molecule has 0 radical (unpaired) electrons. The summed E-state index contributed by atoms with van der Waals surface area (Å²) in [4.78, 5) is 4.34. The minimum atomic E-state index is 0.331. The molecule has 0 saturated carbocycles. The predicted molar refractivity (Wildman–Crippen MR) is 91.2 cm³/mol. The van der Waals surface area contributed by atoms with E-state index in [4.69, 9.17) is 20.9 Å². The van der Waals surface area contributed by atoms with Crippen LogP contribution in [0.2, 0.25) is 5.02 Å². The van der Waals surface area contributed by atoms with Crippen LogP contribution in [0.25, 0.3) is 11.4 Å². The molecule has 24 heavy (non-hydrogen) atoms. The molecule has 0 aliphatic heterocycles. The molecule has 0 aliphatic carbocycles. The molecule has 0 saturated heterocycles. The normalized spacial score (nSPS) is 10.8. The Morgan fingerprint density at radius 2 is 2.21 bits per heavy atom. The van der Waals surface area contributed by atoms with Crippen LogP contribution in [0.15, 0.2) is 28.8 Å². The first-order valence-electron chi connectivity index (χ1n) is 7.54. The van der Waals surface area contributed by atoms with E-state index in [0.29, 0.717) is 29.3 Å². The number of anilines is 1. The smallest absolute Gasteiger partial charge is 0.322 e. The van der Waals surface area contributed by atoms with Crippen LogP contribution < -0.4 is 10.1 Å². The minimum absolute atomic E-state index is 0.331. The van der Waals surface area contributed by atoms with E-state index < -0.39 is 0 Å². The second-order valence-electron chi connectivity index (χ2n) is 5.20. The van der Waals surface area contributed by atoms with Gasteiger partial charge in [-0.3, -0.25) is 0 Å². The number of nitrogens with one attached hydrogen (secondary N) is 1. The fourth-order valence-corrected chi connectivity index (χ4v) is 2.72. The lowest BCUT2D eigenvalue weighted by atomic mass is 10.2. The number of nitrogens with zero attached hydrogens (tertiary/aromatic N) is 4. The summed E-state index contributed by atoms with van der Waals surface area (Å²) >= 11 is 5.99. The lowest BCUT2D eigenvalue weighted by Gasteiger charge is -2.05. The van der Waals surface area contributed by atoms with E-state index in [0.717, 1.165) is 23.2 Å². The first-order chi connectivity index (χ1) is 11.6. The monoisotopic (exact) mass is 347 g/mol. The van der Waals surface area contributed by atoms with Gasteiger partial charge in [0, 0.05) is 17.6 Å². The van der Waals surface area contributed by atoms with E-state index in [2.05, 4.69) is 27.5 Å². The Hall–Kier alpha value is -2.54. The number of hydrogen-bond acceptors (Lipinski definition) is 6. The molecule has 1 aromatic carbocycles. The molecule has 0 aliphatic rings. The van der Waals surface area contributed by atoms with Gasteiger partial charge in [-0.05, 0) is 18.6 Å². The third-order valence-electron chi connectivity index (χ3n) is 3.62. The van der Waals surface area contributed by atoms with Gasteiger partial charge in [0.25, 0.3) is 0 Å². The van der Waals surface area contributed by atoms with Gasteiger partial charge in [0.15, 0.2) is 0 Å². The Balaban J connectivity index is 1.77. The van der Waals surface area contributed by atoms with Gasteiger partial charge in [-0.2, -0.15) is 10.1 Å². The number of rotatable bonds is 6. The molecular weight excluding hydrogens is 330 g/mol. The highest BCUT2D eigenvalue weighted by molar-refractivity contribution is 6.30. The Bertz CT molecular complexity index is 843. The standard InChI is InChI=1S/C16H18ClN5O2/c1-4-13-12(15(23-3)22(2)20-13)9-18-16-19-14(21-24-16)10-6-5-7-11(17)8-10/h5-8H,4,9H2,1-3H3,(H,18,19,21). The second-order valence-corrected chi connectivity index (χ2v) is 5.64. The fourth-order valence-electron chi connectivity index (χ4n) is 2.53. The molecule has 8 heteroatoms. The van der Waals surface area contributed by atoms with Crippen LogP contribution in [0.1, 0.15) is 18.2 Å². The van der Waals surface area contributed by atoms with Gasteiger partial charge < -0.3 is 14.6 Å². The van der Waals surface area contributed by atoms with Crippen LogP contribution in [0.3, 0.4) is 0 Å². The molecular formula is C16H18ClN5O2. The van der Waals surface area contributed by atoms with Crippen molar-refractivity contribution in [2.75, 3.05) is 12.4 Å². The fraction of sp³-hybridized carbons (Fsp3) is 0.312. The van der Waals surface area contributed by atoms with E-state index in [1.165, 1.54) is 0 Å². The van der Waals surface area contributed by atoms with Crippen LogP contribution in [0.4, 0.5) is 6.01 Å². The highest BCUT2D eigenvalue weighted by atomic mass is 35.5. The first kappa shape index (κ1) is 16.3. The molecule has 1 N–H and O–H groups in total. The van der Waals surface area contributed by atoms with Crippen molar-refractivity contribution < 1.29 is 9.26 Å². The van der Waals surface area contributed by atoms with E-state index in [9.17, 15) is 0 Å². The van der Waals surface area contributed by atoms with E-state index in [-0.39, 0.29) is 0 Å². The lowest BCUT2D eigenvalue weighted by molar-refractivity contribution is 0.369. The maximum Gasteiger partial charge on any atom is 0.322 e. The molecule has 0 bridgehead atoms. The van der Waals surface area contributed by atoms with E-state index in [1.54, 1.807) is 23.9 Å². The summed E-state index contributed by atoms with van der Waals surface area (Å²) in [6, 6.07) is 7.63. The molecule has 0 spiro atoms. The van der Waals surface area contributed by atoms with Crippen LogP contribution in [-0.4, -0.2) is 27.0 Å². The van der Waals surface area contributed by atoms with Gasteiger partial charge in [0.05, 0.1) is 24.9 Å². The molecule has 0 fully saturated rings. The van der Waals surface area contributed by atoms with Gasteiger partial charge in [0.1, 0.15) is 0 Å². The SMILES string of the molecule is CCc1nn(C)c(OC)c1CNc1nc(-c2cccc(Cl)c2)no1. The van der Waals surface area contributed by atoms with Crippen molar-refractivity contribution in [3.63, 3.8) is 0 Å². The Labute approximate surface area is 144 Å². The molecule has 2 heterocycles. The Kier molecular flexibility index (Phi) is 4.71. The van der Waals surface area contributed by atoms with E-state index in [1.807, 2.05) is 19.2 Å². The van der Waals surface area contributed by atoms with Gasteiger partial charge in [-0.25, -0.2) is 4.68 Å². The predicted octanol–water partition coefficient (Wildman–Crippen LogP) is 3.31. The maximum absolute atomic E-state index is 5.99. The summed E-state index contributed by atoms with van der Waals surface area (Å²) in [6.07, 6.45) is 0.811. The van der Waals surface area contributed by atoms with Crippen LogP contribution in [0, 0.1) is 0 Å². The number of benzene rings is 1. The van der Waals surface area contributed by atoms with Crippen molar-refractivity contribution in [1.29, 1.82) is 0 Å². The van der Waals surface area contributed by atoms with Crippen molar-refractivity contribution in [3.05, 3.63) is 40.5 Å². The Morgan fingerprint density at radius 1 is 1.38 bits per heavy atom. The van der Waals surface area contributed by atoms with Crippen LogP contribution in [0.5, 0.6) is 5.88 Å². The van der Waals surface area contributed by atoms with E-state index >= 15 is 0 Å². The van der Waals surface area contributed by atoms with Gasteiger partial charge in [0.2, 0.25) is 11.7 Å². The zero-order valence-corrected chi connectivity index (χ0v) is 14.5. The molecule has 2 aromatic heterocycles. The van der Waals surface area contributed by atoms with Crippen molar-refractivity contribution in [3.8, 4) is 17.3 Å². The molecule has 0 atom stereocenters. The van der Waals surface area contributed by atoms with Crippen LogP contribution >= 0.6 is 11.6 Å². The molecule has 7 nitrogen and oxygen atoms in total. The summed E-state index contributed by atoms with van der Waals surface area (Å²) in [5.41, 5.74) is 2.74. The molecule has 0 amide bonds. The quantitative estimate of drug-likeness (QED) is 0.737. The van der Waals surface area contributed by atoms with Crippen LogP contribution in [-0.2, 0) is 20.0 Å². The zero-order chi connectivity index (χ0) is 17.1. The number of aryl methyl sites for hydroxylation is 2. The average Bonchev–Trinajstić information content (AvgIpc) is 3.16. The van der Waals surface area contributed by atoms with Crippen molar-refractivity contribution in [1.82, 2.24) is 19.9 Å². The lowest BCUT2D eigenvalue weighted by Crippen LogP contribution is -2.03. The number of ether oxygens (including phenoxy) is 1. The first-order valence-corrected chi connectivity index (χ1v) is 7.92. The molecule has 126 valence electrons. The topological polar surface area (TPSA) is 78.0 Å². The number of hydrogen-bond donors (Lipinski definition) is 1. The maximum atomic E-state index is 5.99. The largest absolute Gasteiger partial charge is 0.481 e. The van der Waals surface area contributed by atoms with Crippen molar-refractivity contribution in [2.45, 2.75) is 19.9 Å². The third-order valence-corrected chi connectivity index (χ3v) is 3.86.